The number of carbonyl (C=O) groups excluding carboxylic acids is 1. The maximum absolute atomic E-state index is 14.2. The summed E-state index contributed by atoms with van der Waals surface area (Å²) in [7, 11) is 0. The highest BCUT2D eigenvalue weighted by Gasteiger charge is 2.34. The minimum Gasteiger partial charge on any atom is -0.487 e. The van der Waals surface area contributed by atoms with Crippen LogP contribution in [0.5, 0.6) is 5.75 Å². The van der Waals surface area contributed by atoms with E-state index in [4.69, 9.17) is 4.74 Å². The maximum atomic E-state index is 14.2. The predicted octanol–water partition coefficient (Wildman–Crippen LogP) is 3.90. The summed E-state index contributed by atoms with van der Waals surface area (Å²) in [6.45, 7) is 0.474. The van der Waals surface area contributed by atoms with Gasteiger partial charge < -0.3 is 4.74 Å². The van der Waals surface area contributed by atoms with Crippen LogP contribution in [0.3, 0.4) is 0 Å². The van der Waals surface area contributed by atoms with Crippen LogP contribution in [0.1, 0.15) is 18.1 Å². The zero-order chi connectivity index (χ0) is 17.7. The van der Waals surface area contributed by atoms with Gasteiger partial charge in [0.2, 0.25) is 0 Å². The number of halogens is 2. The van der Waals surface area contributed by atoms with Crippen molar-refractivity contribution in [2.45, 2.75) is 19.3 Å². The molecule has 126 valence electrons. The van der Waals surface area contributed by atoms with Crippen molar-refractivity contribution >= 4 is 11.5 Å². The molecule has 0 heterocycles. The lowest BCUT2D eigenvalue weighted by Gasteiger charge is -2.17. The van der Waals surface area contributed by atoms with Crippen molar-refractivity contribution in [1.82, 2.24) is 0 Å². The highest BCUT2D eigenvalue weighted by atomic mass is 19.3. The largest absolute Gasteiger partial charge is 0.487 e. The first-order valence-corrected chi connectivity index (χ1v) is 7.12. The van der Waals surface area contributed by atoms with E-state index in [-0.39, 0.29) is 18.0 Å². The summed E-state index contributed by atoms with van der Waals surface area (Å²) >= 11 is 0. The van der Waals surface area contributed by atoms with Crippen LogP contribution in [-0.4, -0.2) is 17.3 Å². The summed E-state index contributed by atoms with van der Waals surface area (Å²) < 4.78 is 33.5. The molecule has 2 aromatic carbocycles. The number of hydrogen-bond donors (Lipinski definition) is 0. The second-order valence-electron chi connectivity index (χ2n) is 5.33. The predicted molar refractivity (Wildman–Crippen MR) is 83.3 cm³/mol. The summed E-state index contributed by atoms with van der Waals surface area (Å²) in [5, 5.41) is 10.7. The molecule has 0 aliphatic carbocycles. The second-order valence-corrected chi connectivity index (χ2v) is 5.33. The number of ether oxygens (including phenoxy) is 1. The molecule has 2 aromatic rings. The summed E-state index contributed by atoms with van der Waals surface area (Å²) in [5.74, 6) is -3.23. The van der Waals surface area contributed by atoms with Gasteiger partial charge in [-0.25, -0.2) is 0 Å². The third kappa shape index (κ3) is 4.58. The molecule has 0 atom stereocenters. The van der Waals surface area contributed by atoms with Crippen molar-refractivity contribution in [3.05, 3.63) is 69.8 Å². The monoisotopic (exact) mass is 335 g/mol. The van der Waals surface area contributed by atoms with Crippen molar-refractivity contribution < 1.29 is 23.2 Å². The molecule has 0 aliphatic heterocycles. The first kappa shape index (κ1) is 17.5. The van der Waals surface area contributed by atoms with E-state index in [1.165, 1.54) is 25.1 Å². The SMILES string of the molecule is CC(=O)Cc1cccc(OCC(F)(F)c2cccc([N+](=O)[O-])c2)c1. The van der Waals surface area contributed by atoms with Gasteiger partial charge in [0.15, 0.2) is 6.61 Å². The number of non-ortho nitro benzene ring substituents is 1. The third-order valence-electron chi connectivity index (χ3n) is 3.25. The number of nitrogens with zero attached hydrogens (tertiary/aromatic N) is 1. The van der Waals surface area contributed by atoms with Crippen molar-refractivity contribution in [3.8, 4) is 5.75 Å². The fraction of sp³-hybridized carbons (Fsp3) is 0.235. The fourth-order valence-corrected chi connectivity index (χ4v) is 2.14. The lowest BCUT2D eigenvalue weighted by molar-refractivity contribution is -0.385. The molecule has 7 heteroatoms. The molecule has 0 unspecified atom stereocenters. The van der Waals surface area contributed by atoms with E-state index < -0.39 is 28.7 Å². The van der Waals surface area contributed by atoms with Crippen LogP contribution in [-0.2, 0) is 17.1 Å². The van der Waals surface area contributed by atoms with Gasteiger partial charge in [-0.1, -0.05) is 24.3 Å². The number of Topliss-reactive ketones (excluding diaryl/α,β-unsaturated/α-hetero) is 1. The average molecular weight is 335 g/mol. The van der Waals surface area contributed by atoms with Gasteiger partial charge in [0.1, 0.15) is 11.5 Å². The average Bonchev–Trinajstić information content (AvgIpc) is 2.53. The normalized spacial score (nSPS) is 11.1. The van der Waals surface area contributed by atoms with Gasteiger partial charge in [-0.3, -0.25) is 14.9 Å². The van der Waals surface area contributed by atoms with Crippen LogP contribution in [0.25, 0.3) is 0 Å². The molecule has 0 radical (unpaired) electrons. The van der Waals surface area contributed by atoms with E-state index in [1.54, 1.807) is 12.1 Å². The molecule has 0 aliphatic rings. The van der Waals surface area contributed by atoms with Crippen LogP contribution < -0.4 is 4.74 Å². The van der Waals surface area contributed by atoms with Gasteiger partial charge in [0.25, 0.3) is 5.69 Å². The fourth-order valence-electron chi connectivity index (χ4n) is 2.14. The van der Waals surface area contributed by atoms with Gasteiger partial charge in [0, 0.05) is 24.1 Å². The van der Waals surface area contributed by atoms with Crippen LogP contribution in [0, 0.1) is 10.1 Å². The van der Waals surface area contributed by atoms with Crippen molar-refractivity contribution in [1.29, 1.82) is 0 Å². The molecular formula is C17H15F2NO4. The zero-order valence-corrected chi connectivity index (χ0v) is 12.9. The van der Waals surface area contributed by atoms with Crippen molar-refractivity contribution in [2.24, 2.45) is 0 Å². The number of carbonyl (C=O) groups is 1. The maximum Gasteiger partial charge on any atom is 0.306 e. The standard InChI is InChI=1S/C17H15F2NO4/c1-12(21)8-13-4-2-7-16(9-13)24-11-17(18,19)14-5-3-6-15(10-14)20(22)23/h2-7,9-10H,8,11H2,1H3. The minimum absolute atomic E-state index is 0.0472. The number of rotatable bonds is 7. The summed E-state index contributed by atoms with van der Waals surface area (Å²) in [5.41, 5.74) is -0.231. The number of ketones is 1. The number of nitro groups is 1. The van der Waals surface area contributed by atoms with Crippen molar-refractivity contribution in [2.75, 3.05) is 6.61 Å². The molecule has 0 N–H and O–H groups in total. The van der Waals surface area contributed by atoms with Gasteiger partial charge in [-0.2, -0.15) is 8.78 Å². The Kier molecular flexibility index (Phi) is 5.23. The molecule has 2 rings (SSSR count). The zero-order valence-electron chi connectivity index (χ0n) is 12.9. The highest BCUT2D eigenvalue weighted by molar-refractivity contribution is 5.78. The van der Waals surface area contributed by atoms with E-state index in [0.29, 0.717) is 5.56 Å². The van der Waals surface area contributed by atoms with Gasteiger partial charge in [-0.05, 0) is 24.6 Å². The van der Waals surface area contributed by atoms with Gasteiger partial charge in [-0.15, -0.1) is 0 Å². The topological polar surface area (TPSA) is 69.4 Å². The van der Waals surface area contributed by atoms with Crippen LogP contribution in [0.15, 0.2) is 48.5 Å². The molecule has 0 saturated carbocycles. The molecule has 0 amide bonds. The third-order valence-corrected chi connectivity index (χ3v) is 3.25. The van der Waals surface area contributed by atoms with Gasteiger partial charge >= 0.3 is 5.92 Å². The number of benzene rings is 2. The first-order valence-electron chi connectivity index (χ1n) is 7.12. The smallest absolute Gasteiger partial charge is 0.306 e. The second kappa shape index (κ2) is 7.16. The molecule has 0 spiro atoms. The van der Waals surface area contributed by atoms with Crippen LogP contribution in [0.2, 0.25) is 0 Å². The molecule has 0 aromatic heterocycles. The Morgan fingerprint density at radius 1 is 1.21 bits per heavy atom. The van der Waals surface area contributed by atoms with Gasteiger partial charge in [0.05, 0.1) is 4.92 Å². The quantitative estimate of drug-likeness (QED) is 0.568. The Morgan fingerprint density at radius 3 is 2.58 bits per heavy atom. The van der Waals surface area contributed by atoms with Crippen molar-refractivity contribution in [3.63, 3.8) is 0 Å². The first-order chi connectivity index (χ1) is 11.3. The molecular weight excluding hydrogens is 320 g/mol. The molecule has 0 fully saturated rings. The number of alkyl halides is 2. The summed E-state index contributed by atoms with van der Waals surface area (Å²) in [6.07, 6.45) is 0.193. The Morgan fingerprint density at radius 2 is 1.92 bits per heavy atom. The highest BCUT2D eigenvalue weighted by Crippen LogP contribution is 2.31. The van der Waals surface area contributed by atoms with E-state index in [9.17, 15) is 23.7 Å². The Labute approximate surface area is 137 Å². The van der Waals surface area contributed by atoms with E-state index in [0.717, 1.165) is 18.2 Å². The lowest BCUT2D eigenvalue weighted by Crippen LogP contribution is -2.23. The minimum atomic E-state index is -3.39. The lowest BCUT2D eigenvalue weighted by atomic mass is 10.1. The molecule has 24 heavy (non-hydrogen) atoms. The van der Waals surface area contributed by atoms with E-state index >= 15 is 0 Å². The number of nitro benzene ring substituents is 1. The Bertz CT molecular complexity index is 762. The van der Waals surface area contributed by atoms with Crippen LogP contribution in [0.4, 0.5) is 14.5 Å². The summed E-state index contributed by atoms with van der Waals surface area (Å²) in [6, 6.07) is 10.6. The molecule has 5 nitrogen and oxygen atoms in total. The molecule has 0 bridgehead atoms. The van der Waals surface area contributed by atoms with E-state index in [2.05, 4.69) is 0 Å². The Balaban J connectivity index is 2.11. The Hall–Kier alpha value is -2.83. The van der Waals surface area contributed by atoms with E-state index in [1.807, 2.05) is 0 Å². The van der Waals surface area contributed by atoms with Crippen LogP contribution >= 0.6 is 0 Å². The number of hydrogen-bond acceptors (Lipinski definition) is 4. The molecule has 0 saturated heterocycles. The summed E-state index contributed by atoms with van der Waals surface area (Å²) in [4.78, 5) is 21.1.